The predicted molar refractivity (Wildman–Crippen MR) is 54.6 cm³/mol. The van der Waals surface area contributed by atoms with Crippen LogP contribution in [0.1, 0.15) is 25.8 Å². The third kappa shape index (κ3) is 2.26. The zero-order valence-corrected chi connectivity index (χ0v) is 7.93. The molecule has 2 rings (SSSR count). The standard InChI is InChI=1S/C8H9N.C3H8/c1-2-4-8-7(3-1)5-6-9-8;1-3-2/h1-4,9H,5-6H2;3H2,1-2H3. The summed E-state index contributed by atoms with van der Waals surface area (Å²) in [5.74, 6) is 0. The van der Waals surface area contributed by atoms with Gasteiger partial charge in [0.1, 0.15) is 0 Å². The van der Waals surface area contributed by atoms with E-state index in [1.165, 1.54) is 24.1 Å². The van der Waals surface area contributed by atoms with Crippen LogP contribution >= 0.6 is 0 Å². The van der Waals surface area contributed by atoms with Gasteiger partial charge in [-0.1, -0.05) is 38.5 Å². The topological polar surface area (TPSA) is 12.0 Å². The maximum Gasteiger partial charge on any atom is 0.0373 e. The lowest BCUT2D eigenvalue weighted by Gasteiger charge is -1.94. The van der Waals surface area contributed by atoms with Crippen molar-refractivity contribution in [3.8, 4) is 0 Å². The molecule has 0 radical (unpaired) electrons. The highest BCUT2D eigenvalue weighted by atomic mass is 14.9. The third-order valence-corrected chi connectivity index (χ3v) is 1.73. The van der Waals surface area contributed by atoms with Crippen LogP contribution in [0.5, 0.6) is 0 Å². The summed E-state index contributed by atoms with van der Waals surface area (Å²) in [6, 6.07) is 8.46. The van der Waals surface area contributed by atoms with Crippen molar-refractivity contribution >= 4 is 5.69 Å². The van der Waals surface area contributed by atoms with Crippen LogP contribution in [0.2, 0.25) is 0 Å². The van der Waals surface area contributed by atoms with Gasteiger partial charge in [0.25, 0.3) is 0 Å². The maximum absolute atomic E-state index is 3.30. The number of para-hydroxylation sites is 1. The van der Waals surface area contributed by atoms with E-state index >= 15 is 0 Å². The van der Waals surface area contributed by atoms with Crippen LogP contribution in [0.25, 0.3) is 0 Å². The third-order valence-electron chi connectivity index (χ3n) is 1.73. The van der Waals surface area contributed by atoms with Crippen molar-refractivity contribution in [1.82, 2.24) is 0 Å². The van der Waals surface area contributed by atoms with E-state index < -0.39 is 0 Å². The molecule has 1 aliphatic rings. The van der Waals surface area contributed by atoms with Crippen molar-refractivity contribution in [2.45, 2.75) is 26.7 Å². The van der Waals surface area contributed by atoms with Gasteiger partial charge in [-0.2, -0.15) is 0 Å². The first-order valence-corrected chi connectivity index (χ1v) is 4.70. The molecule has 0 amide bonds. The van der Waals surface area contributed by atoms with Crippen LogP contribution in [0.3, 0.4) is 0 Å². The first kappa shape index (κ1) is 9.11. The Balaban J connectivity index is 0.000000213. The minimum Gasteiger partial charge on any atom is -0.384 e. The number of fused-ring (bicyclic) bond motifs is 1. The fourth-order valence-electron chi connectivity index (χ4n) is 1.24. The van der Waals surface area contributed by atoms with E-state index in [-0.39, 0.29) is 0 Å². The average Bonchev–Trinajstić information content (AvgIpc) is 2.52. The first-order valence-electron chi connectivity index (χ1n) is 4.70. The molecule has 1 aromatic carbocycles. The van der Waals surface area contributed by atoms with Crippen molar-refractivity contribution in [3.63, 3.8) is 0 Å². The van der Waals surface area contributed by atoms with Crippen molar-refractivity contribution in [2.24, 2.45) is 0 Å². The Morgan fingerprint density at radius 1 is 1.25 bits per heavy atom. The molecule has 12 heavy (non-hydrogen) atoms. The molecule has 0 saturated carbocycles. The molecule has 1 nitrogen and oxygen atoms in total. The van der Waals surface area contributed by atoms with Crippen molar-refractivity contribution < 1.29 is 0 Å². The molecule has 1 heteroatoms. The van der Waals surface area contributed by atoms with Crippen LogP contribution in [-0.2, 0) is 6.42 Å². The van der Waals surface area contributed by atoms with Gasteiger partial charge in [0.05, 0.1) is 0 Å². The van der Waals surface area contributed by atoms with Crippen molar-refractivity contribution in [1.29, 1.82) is 0 Å². The molecule has 0 saturated heterocycles. The second-order valence-corrected chi connectivity index (χ2v) is 3.04. The summed E-state index contributed by atoms with van der Waals surface area (Å²) in [5, 5.41) is 3.30. The summed E-state index contributed by atoms with van der Waals surface area (Å²) in [6.45, 7) is 5.36. The highest BCUT2D eigenvalue weighted by Crippen LogP contribution is 2.19. The Morgan fingerprint density at radius 2 is 1.92 bits per heavy atom. The molecule has 1 heterocycles. The molecule has 0 aliphatic carbocycles. The van der Waals surface area contributed by atoms with E-state index in [0.717, 1.165) is 6.54 Å². The minimum atomic E-state index is 1.11. The van der Waals surface area contributed by atoms with E-state index in [4.69, 9.17) is 0 Å². The Hall–Kier alpha value is -0.980. The lowest BCUT2D eigenvalue weighted by atomic mass is 10.2. The molecule has 0 spiro atoms. The Bertz CT molecular complexity index is 207. The SMILES string of the molecule is CCC.c1ccc2c(c1)CCN2. The lowest BCUT2D eigenvalue weighted by molar-refractivity contribution is 1.09. The zero-order chi connectivity index (χ0) is 8.81. The van der Waals surface area contributed by atoms with Crippen molar-refractivity contribution in [2.75, 3.05) is 11.9 Å². The molecule has 0 aromatic heterocycles. The smallest absolute Gasteiger partial charge is 0.0373 e. The molecule has 1 N–H and O–H groups in total. The number of nitrogens with one attached hydrogen (secondary N) is 1. The Labute approximate surface area is 74.8 Å². The fraction of sp³-hybridized carbons (Fsp3) is 0.455. The molecule has 1 aliphatic heterocycles. The number of benzene rings is 1. The van der Waals surface area contributed by atoms with E-state index in [9.17, 15) is 0 Å². The van der Waals surface area contributed by atoms with Gasteiger partial charge in [-0.3, -0.25) is 0 Å². The summed E-state index contributed by atoms with van der Waals surface area (Å²) in [7, 11) is 0. The molecule has 66 valence electrons. The summed E-state index contributed by atoms with van der Waals surface area (Å²) in [6.07, 6.45) is 2.44. The highest BCUT2D eigenvalue weighted by molar-refractivity contribution is 5.54. The number of hydrogen-bond donors (Lipinski definition) is 1. The van der Waals surface area contributed by atoms with Gasteiger partial charge in [0, 0.05) is 12.2 Å². The molecule has 0 bridgehead atoms. The van der Waals surface area contributed by atoms with Crippen LogP contribution in [-0.4, -0.2) is 6.54 Å². The maximum atomic E-state index is 3.30. The quantitative estimate of drug-likeness (QED) is 0.619. The van der Waals surface area contributed by atoms with Crippen LogP contribution < -0.4 is 5.32 Å². The number of rotatable bonds is 0. The molecule has 0 fully saturated rings. The van der Waals surface area contributed by atoms with Gasteiger partial charge in [0.2, 0.25) is 0 Å². The van der Waals surface area contributed by atoms with Gasteiger partial charge in [-0.15, -0.1) is 0 Å². The molecular weight excluding hydrogens is 146 g/mol. The molecule has 1 aromatic rings. The minimum absolute atomic E-state index is 1.11. The van der Waals surface area contributed by atoms with Gasteiger partial charge < -0.3 is 5.32 Å². The van der Waals surface area contributed by atoms with E-state index in [1.807, 2.05) is 0 Å². The normalized spacial score (nSPS) is 12.5. The van der Waals surface area contributed by atoms with E-state index in [2.05, 4.69) is 43.4 Å². The Kier molecular flexibility index (Phi) is 3.65. The van der Waals surface area contributed by atoms with Gasteiger partial charge in [0.15, 0.2) is 0 Å². The largest absolute Gasteiger partial charge is 0.384 e. The summed E-state index contributed by atoms with van der Waals surface area (Å²) in [4.78, 5) is 0. The second kappa shape index (κ2) is 4.81. The first-order chi connectivity index (χ1) is 5.88. The van der Waals surface area contributed by atoms with Crippen LogP contribution in [0.15, 0.2) is 24.3 Å². The fourth-order valence-corrected chi connectivity index (χ4v) is 1.24. The number of hydrogen-bond acceptors (Lipinski definition) is 1. The summed E-state index contributed by atoms with van der Waals surface area (Å²) in [5.41, 5.74) is 2.77. The zero-order valence-electron chi connectivity index (χ0n) is 7.93. The number of anilines is 1. The van der Waals surface area contributed by atoms with E-state index in [1.54, 1.807) is 0 Å². The van der Waals surface area contributed by atoms with Crippen molar-refractivity contribution in [3.05, 3.63) is 29.8 Å². The summed E-state index contributed by atoms with van der Waals surface area (Å²) >= 11 is 0. The van der Waals surface area contributed by atoms with Gasteiger partial charge in [-0.05, 0) is 18.1 Å². The average molecular weight is 163 g/mol. The predicted octanol–water partition coefficient (Wildman–Crippen LogP) is 3.07. The summed E-state index contributed by atoms with van der Waals surface area (Å²) < 4.78 is 0. The molecular formula is C11H17N. The highest BCUT2D eigenvalue weighted by Gasteiger charge is 2.05. The van der Waals surface area contributed by atoms with Crippen LogP contribution in [0.4, 0.5) is 5.69 Å². The lowest BCUT2D eigenvalue weighted by Crippen LogP contribution is -1.90. The molecule has 0 atom stereocenters. The Morgan fingerprint density at radius 3 is 2.58 bits per heavy atom. The van der Waals surface area contributed by atoms with Gasteiger partial charge in [-0.25, -0.2) is 0 Å². The monoisotopic (exact) mass is 163 g/mol. The van der Waals surface area contributed by atoms with Gasteiger partial charge >= 0.3 is 0 Å². The van der Waals surface area contributed by atoms with Crippen LogP contribution in [0, 0.1) is 0 Å². The molecule has 0 unspecified atom stereocenters. The second-order valence-electron chi connectivity index (χ2n) is 3.04. The van der Waals surface area contributed by atoms with E-state index in [0.29, 0.717) is 0 Å².